The molecule has 4 rings (SSSR count). The van der Waals surface area contributed by atoms with E-state index >= 15 is 0 Å². The number of carbonyl (C=O) groups excluding carboxylic acids is 1. The number of aromatic nitrogens is 5. The Morgan fingerprint density at radius 1 is 1.04 bits per heavy atom. The number of amides is 1. The lowest BCUT2D eigenvalue weighted by Crippen LogP contribution is -2.27. The average Bonchev–Trinajstić information content (AvgIpc) is 3.45. The fourth-order valence-corrected chi connectivity index (χ4v) is 2.91. The first-order valence-corrected chi connectivity index (χ1v) is 8.74. The fraction of sp³-hybridized carbons (Fsp3) is 0.150. The molecule has 0 saturated heterocycles. The first-order chi connectivity index (χ1) is 13.2. The average molecular weight is 360 g/mol. The van der Waals surface area contributed by atoms with Crippen molar-refractivity contribution in [2.24, 2.45) is 0 Å². The standard InChI is InChI=1S/C20H20N6O/c1-16(17-6-4-7-18(14-17)24-10-2-3-11-24)22-20(27)19-8-13-26(23-19)15-25-12-5-9-21-25/h2-14,16H,15H2,1H3,(H,22,27). The predicted octanol–water partition coefficient (Wildman–Crippen LogP) is 2.87. The van der Waals surface area contributed by atoms with Crippen LogP contribution in [0.15, 0.2) is 79.5 Å². The van der Waals surface area contributed by atoms with Gasteiger partial charge in [-0.15, -0.1) is 0 Å². The molecule has 1 N–H and O–H groups in total. The summed E-state index contributed by atoms with van der Waals surface area (Å²) in [7, 11) is 0. The third kappa shape index (κ3) is 3.82. The molecule has 27 heavy (non-hydrogen) atoms. The molecule has 7 nitrogen and oxygen atoms in total. The quantitative estimate of drug-likeness (QED) is 0.575. The van der Waals surface area contributed by atoms with Gasteiger partial charge in [-0.25, -0.2) is 0 Å². The Labute approximate surface area is 156 Å². The monoisotopic (exact) mass is 360 g/mol. The Kier molecular flexibility index (Phi) is 4.57. The van der Waals surface area contributed by atoms with Crippen LogP contribution >= 0.6 is 0 Å². The molecular formula is C20H20N6O. The van der Waals surface area contributed by atoms with Gasteiger partial charge in [-0.3, -0.25) is 14.2 Å². The molecule has 4 aromatic rings. The van der Waals surface area contributed by atoms with E-state index in [1.54, 1.807) is 27.8 Å². The molecule has 136 valence electrons. The van der Waals surface area contributed by atoms with Gasteiger partial charge in [0, 0.05) is 36.7 Å². The first-order valence-electron chi connectivity index (χ1n) is 8.74. The van der Waals surface area contributed by atoms with E-state index in [0.29, 0.717) is 12.4 Å². The molecule has 0 aliphatic heterocycles. The van der Waals surface area contributed by atoms with Gasteiger partial charge in [0.15, 0.2) is 0 Å². The minimum Gasteiger partial charge on any atom is -0.344 e. The van der Waals surface area contributed by atoms with Gasteiger partial charge in [0.25, 0.3) is 5.91 Å². The van der Waals surface area contributed by atoms with Crippen molar-refractivity contribution in [1.29, 1.82) is 0 Å². The fourth-order valence-electron chi connectivity index (χ4n) is 2.91. The van der Waals surface area contributed by atoms with Gasteiger partial charge < -0.3 is 9.88 Å². The van der Waals surface area contributed by atoms with Crippen LogP contribution in [0.25, 0.3) is 5.69 Å². The molecule has 0 radical (unpaired) electrons. The summed E-state index contributed by atoms with van der Waals surface area (Å²) >= 11 is 0. The van der Waals surface area contributed by atoms with Crippen LogP contribution in [0.2, 0.25) is 0 Å². The maximum atomic E-state index is 12.5. The molecule has 7 heteroatoms. The zero-order valence-electron chi connectivity index (χ0n) is 14.9. The molecule has 0 fully saturated rings. The Morgan fingerprint density at radius 2 is 1.89 bits per heavy atom. The summed E-state index contributed by atoms with van der Waals surface area (Å²) in [6.07, 6.45) is 9.32. The molecule has 0 aliphatic carbocycles. The smallest absolute Gasteiger partial charge is 0.272 e. The van der Waals surface area contributed by atoms with Gasteiger partial charge in [0.2, 0.25) is 0 Å². The molecule has 0 spiro atoms. The van der Waals surface area contributed by atoms with E-state index in [1.807, 2.05) is 66.5 Å². The highest BCUT2D eigenvalue weighted by Crippen LogP contribution is 2.17. The summed E-state index contributed by atoms with van der Waals surface area (Å²) < 4.78 is 5.46. The highest BCUT2D eigenvalue weighted by atomic mass is 16.2. The van der Waals surface area contributed by atoms with Gasteiger partial charge >= 0.3 is 0 Å². The van der Waals surface area contributed by atoms with Crippen LogP contribution in [-0.4, -0.2) is 30.0 Å². The summed E-state index contributed by atoms with van der Waals surface area (Å²) in [5.74, 6) is -0.201. The van der Waals surface area contributed by atoms with Crippen molar-refractivity contribution in [3.8, 4) is 5.69 Å². The van der Waals surface area contributed by atoms with Crippen molar-refractivity contribution in [3.05, 3.63) is 90.8 Å². The SMILES string of the molecule is CC(NC(=O)c1ccn(Cn2cccn2)n1)c1cccc(-n2cccc2)c1. The molecule has 0 saturated carbocycles. The number of rotatable bonds is 6. The summed E-state index contributed by atoms with van der Waals surface area (Å²) in [5, 5.41) is 11.5. The van der Waals surface area contributed by atoms with E-state index in [1.165, 1.54) is 0 Å². The summed E-state index contributed by atoms with van der Waals surface area (Å²) in [6.45, 7) is 2.43. The molecular weight excluding hydrogens is 340 g/mol. The zero-order valence-corrected chi connectivity index (χ0v) is 14.9. The maximum absolute atomic E-state index is 12.5. The second kappa shape index (κ2) is 7.33. The van der Waals surface area contributed by atoms with Gasteiger partial charge in [0.05, 0.1) is 6.04 Å². The molecule has 1 atom stereocenters. The molecule has 1 amide bonds. The van der Waals surface area contributed by atoms with Crippen LogP contribution in [0.1, 0.15) is 29.0 Å². The lowest BCUT2D eigenvalue weighted by atomic mass is 10.1. The van der Waals surface area contributed by atoms with Crippen molar-refractivity contribution in [2.75, 3.05) is 0 Å². The largest absolute Gasteiger partial charge is 0.344 e. The summed E-state index contributed by atoms with van der Waals surface area (Å²) in [5.41, 5.74) is 2.48. The van der Waals surface area contributed by atoms with E-state index in [2.05, 4.69) is 21.6 Å². The van der Waals surface area contributed by atoms with E-state index in [4.69, 9.17) is 0 Å². The third-order valence-corrected chi connectivity index (χ3v) is 4.34. The zero-order chi connectivity index (χ0) is 18.6. The molecule has 3 heterocycles. The highest BCUT2D eigenvalue weighted by Gasteiger charge is 2.14. The number of hydrogen-bond acceptors (Lipinski definition) is 3. The van der Waals surface area contributed by atoms with Crippen LogP contribution in [-0.2, 0) is 6.67 Å². The van der Waals surface area contributed by atoms with Gasteiger partial charge in [-0.1, -0.05) is 12.1 Å². The predicted molar refractivity (Wildman–Crippen MR) is 102 cm³/mol. The Hall–Kier alpha value is -3.61. The van der Waals surface area contributed by atoms with Gasteiger partial charge in [-0.05, 0) is 48.9 Å². The normalized spacial score (nSPS) is 12.0. The van der Waals surface area contributed by atoms with Crippen LogP contribution in [0, 0.1) is 0 Å². The highest BCUT2D eigenvalue weighted by molar-refractivity contribution is 5.92. The van der Waals surface area contributed by atoms with Crippen LogP contribution < -0.4 is 5.32 Å². The Balaban J connectivity index is 1.43. The van der Waals surface area contributed by atoms with E-state index in [0.717, 1.165) is 11.3 Å². The number of nitrogens with one attached hydrogen (secondary N) is 1. The van der Waals surface area contributed by atoms with Crippen LogP contribution in [0.3, 0.4) is 0 Å². The topological polar surface area (TPSA) is 69.7 Å². The second-order valence-corrected chi connectivity index (χ2v) is 6.31. The van der Waals surface area contributed by atoms with E-state index < -0.39 is 0 Å². The molecule has 0 aliphatic rings. The lowest BCUT2D eigenvalue weighted by Gasteiger charge is -2.15. The molecule has 1 unspecified atom stereocenters. The lowest BCUT2D eigenvalue weighted by molar-refractivity contribution is 0.0934. The second-order valence-electron chi connectivity index (χ2n) is 6.31. The van der Waals surface area contributed by atoms with Crippen molar-refractivity contribution in [3.63, 3.8) is 0 Å². The van der Waals surface area contributed by atoms with Crippen molar-refractivity contribution < 1.29 is 4.79 Å². The van der Waals surface area contributed by atoms with Crippen molar-refractivity contribution in [2.45, 2.75) is 19.6 Å². The van der Waals surface area contributed by atoms with Gasteiger partial charge in [0.1, 0.15) is 12.4 Å². The van der Waals surface area contributed by atoms with E-state index in [-0.39, 0.29) is 11.9 Å². The van der Waals surface area contributed by atoms with Gasteiger partial charge in [-0.2, -0.15) is 10.2 Å². The number of nitrogens with zero attached hydrogens (tertiary/aromatic N) is 5. The van der Waals surface area contributed by atoms with Crippen molar-refractivity contribution >= 4 is 5.91 Å². The molecule has 3 aromatic heterocycles. The van der Waals surface area contributed by atoms with Crippen LogP contribution in [0.4, 0.5) is 0 Å². The summed E-state index contributed by atoms with van der Waals surface area (Å²) in [4.78, 5) is 12.5. The maximum Gasteiger partial charge on any atom is 0.272 e. The Morgan fingerprint density at radius 3 is 2.67 bits per heavy atom. The third-order valence-electron chi connectivity index (χ3n) is 4.34. The first kappa shape index (κ1) is 16.8. The molecule has 0 bridgehead atoms. The number of hydrogen-bond donors (Lipinski definition) is 1. The number of benzene rings is 1. The minimum absolute atomic E-state index is 0.135. The van der Waals surface area contributed by atoms with Crippen molar-refractivity contribution in [1.82, 2.24) is 29.4 Å². The number of carbonyl (C=O) groups is 1. The molecule has 1 aromatic carbocycles. The minimum atomic E-state index is -0.201. The Bertz CT molecular complexity index is 1020. The van der Waals surface area contributed by atoms with E-state index in [9.17, 15) is 4.79 Å². The van der Waals surface area contributed by atoms with Crippen LogP contribution in [0.5, 0.6) is 0 Å². The summed E-state index contributed by atoms with van der Waals surface area (Å²) in [6, 6.07) is 15.5.